The van der Waals surface area contributed by atoms with Crippen molar-refractivity contribution in [2.75, 3.05) is 33.0 Å². The molecule has 0 spiro atoms. The van der Waals surface area contributed by atoms with Crippen molar-refractivity contribution in [3.8, 4) is 0 Å². The Kier molecular flexibility index (Phi) is 3.68. The number of nitrogens with zero attached hydrogens (tertiary/aromatic N) is 3. The van der Waals surface area contributed by atoms with E-state index >= 15 is 0 Å². The van der Waals surface area contributed by atoms with Gasteiger partial charge in [0.25, 0.3) is 5.54 Å². The molecular weight excluding hydrogens is 308 g/mol. The molecule has 2 aliphatic heterocycles. The van der Waals surface area contributed by atoms with Crippen molar-refractivity contribution in [3.05, 3.63) is 39.9 Å². The predicted octanol–water partition coefficient (Wildman–Crippen LogP) is -0.165. The second-order valence-electron chi connectivity index (χ2n) is 5.96. The van der Waals surface area contributed by atoms with E-state index in [1.807, 2.05) is 6.92 Å². The Hall–Kier alpha value is -1.55. The summed E-state index contributed by atoms with van der Waals surface area (Å²) in [6, 6.07) is 6.54. The SMILES string of the molecule is Cc1ccc(S(=O)(=O)N2CN3CNC[C@]([N+](=O)[O-])(C3)C2)cc1. The molecule has 8 nitrogen and oxygen atoms in total. The number of aryl methyl sites for hydroxylation is 1. The predicted molar refractivity (Wildman–Crippen MR) is 79.2 cm³/mol. The van der Waals surface area contributed by atoms with Crippen LogP contribution >= 0.6 is 0 Å². The first kappa shape index (κ1) is 15.3. The van der Waals surface area contributed by atoms with Gasteiger partial charge in [0.2, 0.25) is 10.0 Å². The van der Waals surface area contributed by atoms with Crippen molar-refractivity contribution in [2.45, 2.75) is 17.4 Å². The number of hydrogen-bond donors (Lipinski definition) is 1. The van der Waals surface area contributed by atoms with E-state index in [4.69, 9.17) is 0 Å². The van der Waals surface area contributed by atoms with Crippen LogP contribution in [0.4, 0.5) is 0 Å². The van der Waals surface area contributed by atoms with Crippen molar-refractivity contribution in [1.29, 1.82) is 0 Å². The average molecular weight is 326 g/mol. The fourth-order valence-corrected chi connectivity index (χ4v) is 4.49. The third kappa shape index (κ3) is 2.50. The standard InChI is InChI=1S/C13H18N4O4S/c1-11-2-4-12(5-3-11)22(20,21)16-8-13(17(18)19)6-14-9-15(7-13)10-16/h2-5,14H,6-10H2,1H3/t13-/m0/s1. The van der Waals surface area contributed by atoms with Crippen LogP contribution in [0.25, 0.3) is 0 Å². The van der Waals surface area contributed by atoms with Gasteiger partial charge < -0.3 is 0 Å². The van der Waals surface area contributed by atoms with Crippen LogP contribution in [0.3, 0.4) is 0 Å². The molecule has 2 fully saturated rings. The summed E-state index contributed by atoms with van der Waals surface area (Å²) in [7, 11) is -3.73. The summed E-state index contributed by atoms with van der Waals surface area (Å²) < 4.78 is 26.7. The van der Waals surface area contributed by atoms with E-state index in [1.165, 1.54) is 4.31 Å². The summed E-state index contributed by atoms with van der Waals surface area (Å²) >= 11 is 0. The third-order valence-electron chi connectivity index (χ3n) is 4.18. The fraction of sp³-hybridized carbons (Fsp3) is 0.538. The van der Waals surface area contributed by atoms with Gasteiger partial charge in [-0.15, -0.1) is 0 Å². The highest BCUT2D eigenvalue weighted by molar-refractivity contribution is 7.89. The van der Waals surface area contributed by atoms with Gasteiger partial charge in [-0.1, -0.05) is 17.7 Å². The molecule has 3 rings (SSSR count). The van der Waals surface area contributed by atoms with E-state index in [0.29, 0.717) is 6.67 Å². The molecule has 22 heavy (non-hydrogen) atoms. The Morgan fingerprint density at radius 2 is 1.95 bits per heavy atom. The molecule has 2 aliphatic rings. The number of nitrogens with one attached hydrogen (secondary N) is 1. The normalized spacial score (nSPS) is 29.2. The van der Waals surface area contributed by atoms with Gasteiger partial charge in [0.15, 0.2) is 0 Å². The summed E-state index contributed by atoms with van der Waals surface area (Å²) in [4.78, 5) is 13.0. The van der Waals surface area contributed by atoms with Crippen LogP contribution in [-0.4, -0.2) is 61.1 Å². The monoisotopic (exact) mass is 326 g/mol. The average Bonchev–Trinajstić information content (AvgIpc) is 2.47. The van der Waals surface area contributed by atoms with E-state index in [9.17, 15) is 18.5 Å². The minimum atomic E-state index is -3.73. The highest BCUT2D eigenvalue weighted by Crippen LogP contribution is 2.27. The number of sulfonamides is 1. The second-order valence-corrected chi connectivity index (χ2v) is 7.90. The second kappa shape index (κ2) is 5.27. The first-order valence-corrected chi connectivity index (χ1v) is 8.42. The van der Waals surface area contributed by atoms with Gasteiger partial charge in [-0.25, -0.2) is 8.42 Å². The number of rotatable bonds is 3. The van der Waals surface area contributed by atoms with Crippen LogP contribution in [0.2, 0.25) is 0 Å². The highest BCUT2D eigenvalue weighted by Gasteiger charge is 2.53. The van der Waals surface area contributed by atoms with Gasteiger partial charge in [0.1, 0.15) is 0 Å². The van der Waals surface area contributed by atoms with Crippen molar-refractivity contribution in [2.24, 2.45) is 0 Å². The Labute approximate surface area is 128 Å². The molecule has 0 amide bonds. The summed E-state index contributed by atoms with van der Waals surface area (Å²) in [5.41, 5.74) is -0.321. The Morgan fingerprint density at radius 3 is 2.59 bits per heavy atom. The highest BCUT2D eigenvalue weighted by atomic mass is 32.2. The van der Waals surface area contributed by atoms with Gasteiger partial charge in [-0.05, 0) is 19.1 Å². The molecule has 1 aromatic rings. The number of nitro groups is 1. The van der Waals surface area contributed by atoms with Crippen LogP contribution in [0.15, 0.2) is 29.2 Å². The quantitative estimate of drug-likeness (QED) is 0.612. The first-order valence-electron chi connectivity index (χ1n) is 6.98. The molecule has 1 aromatic carbocycles. The molecule has 2 bridgehead atoms. The van der Waals surface area contributed by atoms with Gasteiger partial charge in [-0.2, -0.15) is 4.31 Å². The summed E-state index contributed by atoms with van der Waals surface area (Å²) in [5.74, 6) is 0. The molecule has 2 heterocycles. The zero-order valence-electron chi connectivity index (χ0n) is 12.2. The summed E-state index contributed by atoms with van der Waals surface area (Å²) in [5, 5.41) is 14.4. The molecule has 2 atom stereocenters. The lowest BCUT2D eigenvalue weighted by molar-refractivity contribution is -0.574. The van der Waals surface area contributed by atoms with Crippen LogP contribution in [-0.2, 0) is 10.0 Å². The van der Waals surface area contributed by atoms with E-state index < -0.39 is 15.6 Å². The molecule has 2 saturated heterocycles. The molecule has 0 radical (unpaired) electrons. The van der Waals surface area contributed by atoms with E-state index in [-0.39, 0.29) is 36.1 Å². The van der Waals surface area contributed by atoms with Crippen molar-refractivity contribution >= 4 is 10.0 Å². The van der Waals surface area contributed by atoms with E-state index in [0.717, 1.165) is 5.56 Å². The molecular formula is C13H18N4O4S. The van der Waals surface area contributed by atoms with Crippen LogP contribution < -0.4 is 5.32 Å². The first-order chi connectivity index (χ1) is 10.3. The smallest absolute Gasteiger partial charge is 0.260 e. The number of hydrogen-bond acceptors (Lipinski definition) is 6. The lowest BCUT2D eigenvalue weighted by Gasteiger charge is -2.45. The van der Waals surface area contributed by atoms with Gasteiger partial charge in [0.05, 0.1) is 31.2 Å². The Bertz CT molecular complexity index is 690. The molecule has 9 heteroatoms. The number of fused-ring (bicyclic) bond motifs is 2. The lowest BCUT2D eigenvalue weighted by Crippen LogP contribution is -2.72. The van der Waals surface area contributed by atoms with Crippen molar-refractivity contribution in [1.82, 2.24) is 14.5 Å². The third-order valence-corrected chi connectivity index (χ3v) is 5.97. The van der Waals surface area contributed by atoms with Crippen LogP contribution in [0.5, 0.6) is 0 Å². The fourth-order valence-electron chi connectivity index (χ4n) is 2.98. The minimum absolute atomic E-state index is 0.111. The maximum absolute atomic E-state index is 12.8. The Morgan fingerprint density at radius 1 is 1.27 bits per heavy atom. The van der Waals surface area contributed by atoms with Crippen LogP contribution in [0.1, 0.15) is 5.56 Å². The zero-order chi connectivity index (χ0) is 16.0. The van der Waals surface area contributed by atoms with Crippen molar-refractivity contribution < 1.29 is 13.3 Å². The van der Waals surface area contributed by atoms with E-state index in [1.54, 1.807) is 29.2 Å². The molecule has 0 aliphatic carbocycles. The lowest BCUT2D eigenvalue weighted by atomic mass is 9.96. The number of benzene rings is 1. The topological polar surface area (TPSA) is 95.8 Å². The van der Waals surface area contributed by atoms with E-state index in [2.05, 4.69) is 5.32 Å². The van der Waals surface area contributed by atoms with Crippen molar-refractivity contribution in [3.63, 3.8) is 0 Å². The summed E-state index contributed by atoms with van der Waals surface area (Å²) in [6.07, 6.45) is 0. The van der Waals surface area contributed by atoms with Gasteiger partial charge >= 0.3 is 0 Å². The molecule has 0 saturated carbocycles. The van der Waals surface area contributed by atoms with Crippen LogP contribution in [0, 0.1) is 17.0 Å². The van der Waals surface area contributed by atoms with Gasteiger partial charge in [-0.3, -0.25) is 20.3 Å². The largest absolute Gasteiger partial charge is 0.297 e. The Balaban J connectivity index is 1.94. The maximum Gasteiger partial charge on any atom is 0.260 e. The molecule has 120 valence electrons. The zero-order valence-corrected chi connectivity index (χ0v) is 13.0. The van der Waals surface area contributed by atoms with Gasteiger partial charge in [0, 0.05) is 11.6 Å². The minimum Gasteiger partial charge on any atom is -0.297 e. The molecule has 1 unspecified atom stereocenters. The summed E-state index contributed by atoms with van der Waals surface area (Å²) in [6.45, 7) is 2.83. The molecule has 1 N–H and O–H groups in total. The molecule has 0 aromatic heterocycles. The maximum atomic E-state index is 12.8.